The zero-order chi connectivity index (χ0) is 18.6. The summed E-state index contributed by atoms with van der Waals surface area (Å²) in [6.45, 7) is 0.720. The van der Waals surface area contributed by atoms with Gasteiger partial charge >= 0.3 is 0 Å². The van der Waals surface area contributed by atoms with Gasteiger partial charge in [-0.05, 0) is 64.1 Å². The third kappa shape index (κ3) is 4.94. The van der Waals surface area contributed by atoms with E-state index in [1.165, 1.54) is 0 Å². The predicted octanol–water partition coefficient (Wildman–Crippen LogP) is 5.83. The zero-order valence-corrected chi connectivity index (χ0v) is 20.0. The van der Waals surface area contributed by atoms with E-state index in [0.717, 1.165) is 0 Å². The van der Waals surface area contributed by atoms with E-state index >= 15 is 0 Å². The fourth-order valence-electron chi connectivity index (χ4n) is 1.61. The van der Waals surface area contributed by atoms with Crippen molar-refractivity contribution >= 4 is 109 Å². The van der Waals surface area contributed by atoms with Crippen LogP contribution in [0.4, 0.5) is 0 Å². The van der Waals surface area contributed by atoms with E-state index < -0.39 is 26.5 Å². The minimum Gasteiger partial charge on any atom is -0.299 e. The highest BCUT2D eigenvalue weighted by atomic mass is 36.0. The maximum absolute atomic E-state index is 6.66. The lowest BCUT2D eigenvalue weighted by Crippen LogP contribution is -2.48. The molecule has 1 heterocycles. The van der Waals surface area contributed by atoms with Crippen molar-refractivity contribution in [2.24, 2.45) is 15.0 Å². The van der Waals surface area contributed by atoms with E-state index in [0.29, 0.717) is 0 Å². The van der Waals surface area contributed by atoms with Gasteiger partial charge in [0.2, 0.25) is 0 Å². The highest BCUT2D eigenvalue weighted by Gasteiger charge is 2.60. The summed E-state index contributed by atoms with van der Waals surface area (Å²) in [5.41, 5.74) is 0. The summed E-state index contributed by atoms with van der Waals surface area (Å²) < 4.78 is 4.71. The molecule has 1 fully saturated rings. The molecule has 24 heavy (non-hydrogen) atoms. The van der Waals surface area contributed by atoms with Crippen molar-refractivity contribution in [3.05, 3.63) is 0 Å². The fraction of sp³-hybridized carbons (Fsp3) is 0.667. The Labute approximate surface area is 174 Å². The van der Waals surface area contributed by atoms with Gasteiger partial charge in [0, 0.05) is 39.8 Å². The Morgan fingerprint density at radius 3 is 0.958 bits per heavy atom. The standard InChI is InChI=1S/C9H18Cl6N6S3/c1-16-4-7-19-22(10,11)20(8-5-17-2)24(14,15)21(9-6-18-3)23(19,12)13/h4-6H,7-9H2,1-3H3. The maximum Gasteiger partial charge on any atom is 0.0588 e. The van der Waals surface area contributed by atoms with Crippen LogP contribution in [-0.4, -0.2) is 70.6 Å². The van der Waals surface area contributed by atoms with E-state index in [1.54, 1.807) is 50.9 Å². The number of hydrogen-bond acceptors (Lipinski definition) is 6. The van der Waals surface area contributed by atoms with E-state index in [2.05, 4.69) is 15.0 Å². The van der Waals surface area contributed by atoms with Crippen molar-refractivity contribution < 1.29 is 0 Å². The molecule has 0 radical (unpaired) electrons. The highest BCUT2D eigenvalue weighted by molar-refractivity contribution is 8.85. The van der Waals surface area contributed by atoms with Gasteiger partial charge in [-0.1, -0.05) is 0 Å². The molecule has 6 nitrogen and oxygen atoms in total. The normalized spacial score (nSPS) is 29.4. The fourth-order valence-corrected chi connectivity index (χ4v) is 22.1. The Bertz CT molecular complexity index is 427. The Hall–Kier alpha value is 1.68. The average Bonchev–Trinajstić information content (AvgIpc) is 2.46. The van der Waals surface area contributed by atoms with Crippen LogP contribution >= 0.6 is 90.6 Å². The van der Waals surface area contributed by atoms with Crippen LogP contribution < -0.4 is 0 Å². The van der Waals surface area contributed by atoms with Gasteiger partial charge in [0.15, 0.2) is 0 Å². The molecule has 0 saturated carbocycles. The monoisotopic (exact) mass is 516 g/mol. The molecule has 0 aromatic heterocycles. The molecule has 0 atom stereocenters. The lowest BCUT2D eigenvalue weighted by atomic mass is 10.7. The summed E-state index contributed by atoms with van der Waals surface area (Å²) in [7, 11) is 36.8. The van der Waals surface area contributed by atoms with E-state index in [9.17, 15) is 0 Å². The zero-order valence-electron chi connectivity index (χ0n) is 13.0. The highest BCUT2D eigenvalue weighted by Crippen LogP contribution is 2.94. The molecular weight excluding hydrogens is 501 g/mol. The molecule has 1 rings (SSSR count). The third-order valence-corrected chi connectivity index (χ3v) is 19.4. The number of nitrogens with zero attached hydrogens (tertiary/aromatic N) is 6. The summed E-state index contributed by atoms with van der Waals surface area (Å²) in [4.78, 5) is 11.8. The second kappa shape index (κ2) is 9.75. The first-order valence-electron chi connectivity index (χ1n) is 6.31. The largest absolute Gasteiger partial charge is 0.299 e. The molecule has 0 bridgehead atoms. The van der Waals surface area contributed by atoms with Gasteiger partial charge in [-0.2, -0.15) is 11.1 Å². The molecule has 1 aliphatic heterocycles. The summed E-state index contributed by atoms with van der Waals surface area (Å²) in [5, 5.41) is 0. The predicted molar refractivity (Wildman–Crippen MR) is 121 cm³/mol. The van der Waals surface area contributed by atoms with Gasteiger partial charge in [-0.25, -0.2) is 0 Å². The molecule has 0 aromatic rings. The lowest BCUT2D eigenvalue weighted by molar-refractivity contribution is 0.678. The SMILES string of the molecule is CN=CCN1S(Cl)(Cl)N(CC=NC)S(Cl)(Cl)N(CC=NC)S1(Cl)Cl. The van der Waals surface area contributed by atoms with E-state index in [4.69, 9.17) is 64.1 Å². The van der Waals surface area contributed by atoms with Crippen LogP contribution in [0.25, 0.3) is 0 Å². The Morgan fingerprint density at radius 1 is 0.583 bits per heavy atom. The van der Waals surface area contributed by atoms with Gasteiger partial charge in [0.25, 0.3) is 0 Å². The van der Waals surface area contributed by atoms with Gasteiger partial charge in [0.1, 0.15) is 0 Å². The summed E-state index contributed by atoms with van der Waals surface area (Å²) >= 11 is 0. The average molecular weight is 519 g/mol. The molecule has 1 saturated heterocycles. The van der Waals surface area contributed by atoms with Crippen molar-refractivity contribution in [2.75, 3.05) is 40.8 Å². The molecule has 1 aliphatic rings. The van der Waals surface area contributed by atoms with Crippen molar-refractivity contribution in [1.82, 2.24) is 11.1 Å². The van der Waals surface area contributed by atoms with Gasteiger partial charge < -0.3 is 0 Å². The Kier molecular flexibility index (Phi) is 9.63. The van der Waals surface area contributed by atoms with Crippen molar-refractivity contribution in [2.45, 2.75) is 0 Å². The number of hydrogen-bond donors (Lipinski definition) is 0. The van der Waals surface area contributed by atoms with Gasteiger partial charge in [-0.3, -0.25) is 15.0 Å². The second-order valence-electron chi connectivity index (χ2n) is 4.12. The number of rotatable bonds is 6. The molecule has 0 aromatic carbocycles. The van der Waals surface area contributed by atoms with Crippen molar-refractivity contribution in [3.63, 3.8) is 0 Å². The first-order valence-corrected chi connectivity index (χ1v) is 15.9. The van der Waals surface area contributed by atoms with Crippen LogP contribution in [0.1, 0.15) is 0 Å². The minimum absolute atomic E-state index is 0.240. The molecule has 0 aliphatic carbocycles. The second-order valence-corrected chi connectivity index (χ2v) is 19.1. The van der Waals surface area contributed by atoms with Crippen LogP contribution in [0.15, 0.2) is 15.0 Å². The van der Waals surface area contributed by atoms with Crippen LogP contribution in [-0.2, 0) is 0 Å². The number of aliphatic imine (C=N–C) groups is 3. The first-order chi connectivity index (χ1) is 11.1. The Morgan fingerprint density at radius 2 is 0.792 bits per heavy atom. The third-order valence-electron chi connectivity index (χ3n) is 2.71. The quantitative estimate of drug-likeness (QED) is 0.415. The van der Waals surface area contributed by atoms with E-state index in [-0.39, 0.29) is 19.6 Å². The number of halogens is 6. The minimum atomic E-state index is -2.69. The molecule has 0 N–H and O–H groups in total. The summed E-state index contributed by atoms with van der Waals surface area (Å²) in [6.07, 6.45) is 4.84. The van der Waals surface area contributed by atoms with Crippen LogP contribution in [0, 0.1) is 0 Å². The molecule has 0 unspecified atom stereocenters. The molecule has 0 amide bonds. The van der Waals surface area contributed by atoms with E-state index in [1.807, 2.05) is 0 Å². The van der Waals surface area contributed by atoms with Crippen molar-refractivity contribution in [3.8, 4) is 0 Å². The van der Waals surface area contributed by atoms with Gasteiger partial charge in [0.05, 0.1) is 46.1 Å². The molecule has 0 spiro atoms. The Balaban J connectivity index is 3.44. The molecule has 144 valence electrons. The topological polar surface area (TPSA) is 46.8 Å². The van der Waals surface area contributed by atoms with Crippen LogP contribution in [0.2, 0.25) is 0 Å². The van der Waals surface area contributed by atoms with Crippen molar-refractivity contribution in [1.29, 1.82) is 0 Å². The van der Waals surface area contributed by atoms with Gasteiger partial charge in [-0.15, -0.1) is 0 Å². The lowest BCUT2D eigenvalue weighted by Gasteiger charge is -2.64. The summed E-state index contributed by atoms with van der Waals surface area (Å²) in [6, 6.07) is 0. The maximum atomic E-state index is 6.66. The van der Waals surface area contributed by atoms with Crippen LogP contribution in [0.3, 0.4) is 0 Å². The first kappa shape index (κ1) is 23.7. The summed E-state index contributed by atoms with van der Waals surface area (Å²) in [5.74, 6) is 0. The molecular formula is C9H18Cl6N6S3. The van der Waals surface area contributed by atoms with Crippen LogP contribution in [0.5, 0.6) is 0 Å². The molecule has 15 heteroatoms. The smallest absolute Gasteiger partial charge is 0.0588 e.